The van der Waals surface area contributed by atoms with Crippen molar-refractivity contribution in [3.05, 3.63) is 35.9 Å². The van der Waals surface area contributed by atoms with E-state index in [1.165, 1.54) is 23.1 Å². The molecule has 0 bridgehead atoms. The second-order valence-corrected chi connectivity index (χ2v) is 8.08. The molecular formula is C17H22N4O2S2. The number of hydrogen-bond donors (Lipinski definition) is 2. The van der Waals surface area contributed by atoms with Gasteiger partial charge in [-0.15, -0.1) is 10.2 Å². The fourth-order valence-corrected chi connectivity index (χ4v) is 4.15. The fraction of sp³-hybridized carbons (Fsp3) is 0.471. The molecule has 1 amide bonds. The predicted molar refractivity (Wildman–Crippen MR) is 101 cm³/mol. The standard InChI is InChI=1S/C17H22N4O2S2/c1-12(13-6-3-2-4-7-13)19-15(22)11-24-17-21-20-16(25-17)18-10-14-8-5-9-23-14/h2-4,6-7,12,14H,5,8-11H2,1H3,(H,18,20)(H,19,22). The number of amides is 1. The first-order valence-electron chi connectivity index (χ1n) is 8.37. The van der Waals surface area contributed by atoms with Crippen molar-refractivity contribution in [1.82, 2.24) is 15.5 Å². The van der Waals surface area contributed by atoms with Crippen LogP contribution in [0.4, 0.5) is 5.13 Å². The predicted octanol–water partition coefficient (Wildman–Crippen LogP) is 3.10. The molecule has 0 aliphatic carbocycles. The largest absolute Gasteiger partial charge is 0.376 e. The van der Waals surface area contributed by atoms with Crippen LogP contribution in [0.25, 0.3) is 0 Å². The van der Waals surface area contributed by atoms with Crippen LogP contribution in [0.3, 0.4) is 0 Å². The number of ether oxygens (including phenoxy) is 1. The lowest BCUT2D eigenvalue weighted by Gasteiger charge is -2.13. The smallest absolute Gasteiger partial charge is 0.230 e. The molecule has 0 radical (unpaired) electrons. The number of benzene rings is 1. The van der Waals surface area contributed by atoms with Gasteiger partial charge in [0.25, 0.3) is 0 Å². The van der Waals surface area contributed by atoms with Crippen LogP contribution in [0.5, 0.6) is 0 Å². The highest BCUT2D eigenvalue weighted by atomic mass is 32.2. The molecule has 0 spiro atoms. The number of aromatic nitrogens is 2. The molecular weight excluding hydrogens is 356 g/mol. The minimum Gasteiger partial charge on any atom is -0.376 e. The first-order chi connectivity index (χ1) is 12.2. The van der Waals surface area contributed by atoms with Crippen LogP contribution < -0.4 is 10.6 Å². The van der Waals surface area contributed by atoms with E-state index in [4.69, 9.17) is 4.74 Å². The molecule has 134 valence electrons. The van der Waals surface area contributed by atoms with Crippen LogP contribution in [0, 0.1) is 0 Å². The van der Waals surface area contributed by atoms with Crippen molar-refractivity contribution >= 4 is 34.1 Å². The Bertz CT molecular complexity index is 674. The second kappa shape index (κ2) is 9.17. The van der Waals surface area contributed by atoms with E-state index in [1.807, 2.05) is 37.3 Å². The highest BCUT2D eigenvalue weighted by Gasteiger charge is 2.16. The van der Waals surface area contributed by atoms with Gasteiger partial charge in [0.05, 0.1) is 17.9 Å². The van der Waals surface area contributed by atoms with Crippen LogP contribution in [-0.2, 0) is 9.53 Å². The molecule has 8 heteroatoms. The Labute approximate surface area is 155 Å². The third-order valence-electron chi connectivity index (χ3n) is 3.92. The summed E-state index contributed by atoms with van der Waals surface area (Å²) in [5.41, 5.74) is 1.09. The highest BCUT2D eigenvalue weighted by molar-refractivity contribution is 8.01. The molecule has 6 nitrogen and oxygen atoms in total. The Morgan fingerprint density at radius 1 is 1.40 bits per heavy atom. The Hall–Kier alpha value is -1.64. The van der Waals surface area contributed by atoms with E-state index in [9.17, 15) is 4.79 Å². The zero-order chi connectivity index (χ0) is 17.5. The van der Waals surface area contributed by atoms with Gasteiger partial charge >= 0.3 is 0 Å². The SMILES string of the molecule is CC(NC(=O)CSc1nnc(NCC2CCCO2)s1)c1ccccc1. The molecule has 1 aliphatic heterocycles. The molecule has 2 aromatic rings. The third-order valence-corrected chi connectivity index (χ3v) is 5.93. The molecule has 1 aliphatic rings. The molecule has 2 atom stereocenters. The molecule has 25 heavy (non-hydrogen) atoms. The van der Waals surface area contributed by atoms with Gasteiger partial charge in [-0.05, 0) is 25.3 Å². The third kappa shape index (κ3) is 5.69. The summed E-state index contributed by atoms with van der Waals surface area (Å²) in [6, 6.07) is 9.92. The van der Waals surface area contributed by atoms with Crippen molar-refractivity contribution in [2.45, 2.75) is 36.3 Å². The molecule has 1 fully saturated rings. The Balaban J connectivity index is 1.40. The van der Waals surface area contributed by atoms with Gasteiger partial charge in [-0.3, -0.25) is 4.79 Å². The minimum atomic E-state index is -0.00887. The topological polar surface area (TPSA) is 76.1 Å². The number of nitrogens with one attached hydrogen (secondary N) is 2. The summed E-state index contributed by atoms with van der Waals surface area (Å²) < 4.78 is 6.36. The Morgan fingerprint density at radius 2 is 2.24 bits per heavy atom. The van der Waals surface area contributed by atoms with Crippen LogP contribution in [0.2, 0.25) is 0 Å². The molecule has 2 heterocycles. The number of carbonyl (C=O) groups excluding carboxylic acids is 1. The van der Waals surface area contributed by atoms with E-state index >= 15 is 0 Å². The van der Waals surface area contributed by atoms with E-state index in [1.54, 1.807) is 0 Å². The summed E-state index contributed by atoms with van der Waals surface area (Å²) in [5.74, 6) is 0.322. The van der Waals surface area contributed by atoms with Crippen molar-refractivity contribution in [2.24, 2.45) is 0 Å². The lowest BCUT2D eigenvalue weighted by Crippen LogP contribution is -2.28. The van der Waals surface area contributed by atoms with Gasteiger partial charge in [-0.25, -0.2) is 0 Å². The zero-order valence-corrected chi connectivity index (χ0v) is 15.7. The van der Waals surface area contributed by atoms with Gasteiger partial charge in [-0.2, -0.15) is 0 Å². The van der Waals surface area contributed by atoms with Gasteiger partial charge in [0.1, 0.15) is 0 Å². The normalized spacial score (nSPS) is 18.0. The summed E-state index contributed by atoms with van der Waals surface area (Å²) in [4.78, 5) is 12.1. The molecule has 3 rings (SSSR count). The molecule has 1 aromatic heterocycles. The lowest BCUT2D eigenvalue weighted by atomic mass is 10.1. The maximum absolute atomic E-state index is 12.1. The quantitative estimate of drug-likeness (QED) is 0.688. The summed E-state index contributed by atoms with van der Waals surface area (Å²) in [5, 5.41) is 15.3. The van der Waals surface area contributed by atoms with Gasteiger partial charge in [0.2, 0.25) is 11.0 Å². The van der Waals surface area contributed by atoms with Crippen molar-refractivity contribution in [3.63, 3.8) is 0 Å². The second-order valence-electron chi connectivity index (χ2n) is 5.88. The van der Waals surface area contributed by atoms with Crippen molar-refractivity contribution < 1.29 is 9.53 Å². The van der Waals surface area contributed by atoms with E-state index in [0.29, 0.717) is 5.75 Å². The number of hydrogen-bond acceptors (Lipinski definition) is 7. The first-order valence-corrected chi connectivity index (χ1v) is 10.2. The summed E-state index contributed by atoms with van der Waals surface area (Å²) in [6.07, 6.45) is 2.48. The van der Waals surface area contributed by atoms with Gasteiger partial charge in [0.15, 0.2) is 4.34 Å². The number of nitrogens with zero attached hydrogens (tertiary/aromatic N) is 2. The fourth-order valence-electron chi connectivity index (χ4n) is 2.58. The molecule has 2 N–H and O–H groups in total. The zero-order valence-electron chi connectivity index (χ0n) is 14.1. The van der Waals surface area contributed by atoms with Gasteiger partial charge in [0, 0.05) is 13.2 Å². The van der Waals surface area contributed by atoms with E-state index < -0.39 is 0 Å². The molecule has 2 unspecified atom stereocenters. The lowest BCUT2D eigenvalue weighted by molar-refractivity contribution is -0.119. The number of carbonyl (C=O) groups is 1. The van der Waals surface area contributed by atoms with Crippen molar-refractivity contribution in [2.75, 3.05) is 24.2 Å². The maximum Gasteiger partial charge on any atom is 0.230 e. The van der Waals surface area contributed by atoms with Crippen molar-refractivity contribution in [3.8, 4) is 0 Å². The van der Waals surface area contributed by atoms with E-state index in [-0.39, 0.29) is 18.1 Å². The summed E-state index contributed by atoms with van der Waals surface area (Å²) in [7, 11) is 0. The molecule has 1 aromatic carbocycles. The molecule has 1 saturated heterocycles. The van der Waals surface area contributed by atoms with Gasteiger partial charge in [-0.1, -0.05) is 53.4 Å². The maximum atomic E-state index is 12.1. The Morgan fingerprint density at radius 3 is 3.00 bits per heavy atom. The average molecular weight is 379 g/mol. The van der Waals surface area contributed by atoms with E-state index in [0.717, 1.165) is 41.0 Å². The number of thioether (sulfide) groups is 1. The summed E-state index contributed by atoms with van der Waals surface area (Å²) >= 11 is 2.87. The van der Waals surface area contributed by atoms with Crippen LogP contribution in [0.1, 0.15) is 31.4 Å². The highest BCUT2D eigenvalue weighted by Crippen LogP contribution is 2.26. The van der Waals surface area contributed by atoms with Crippen LogP contribution >= 0.6 is 23.1 Å². The van der Waals surface area contributed by atoms with Gasteiger partial charge < -0.3 is 15.4 Å². The number of rotatable bonds is 8. The first kappa shape index (κ1) is 18.2. The van der Waals surface area contributed by atoms with Crippen LogP contribution in [-0.4, -0.2) is 41.1 Å². The minimum absolute atomic E-state index is 0.00707. The number of anilines is 1. The Kier molecular flexibility index (Phi) is 6.66. The molecule has 0 saturated carbocycles. The summed E-state index contributed by atoms with van der Waals surface area (Å²) in [6.45, 7) is 3.59. The van der Waals surface area contributed by atoms with Crippen LogP contribution in [0.15, 0.2) is 34.7 Å². The monoisotopic (exact) mass is 378 g/mol. The average Bonchev–Trinajstić information content (AvgIpc) is 3.30. The van der Waals surface area contributed by atoms with E-state index in [2.05, 4.69) is 20.8 Å². The van der Waals surface area contributed by atoms with Crippen molar-refractivity contribution in [1.29, 1.82) is 0 Å².